The van der Waals surface area contributed by atoms with E-state index in [1.807, 2.05) is 13.8 Å². The molecule has 5 nitrogen and oxygen atoms in total. The molecule has 0 saturated carbocycles. The van der Waals surface area contributed by atoms with Crippen LogP contribution in [0.5, 0.6) is 5.75 Å². The molecule has 1 aromatic heterocycles. The first-order chi connectivity index (χ1) is 9.93. The van der Waals surface area contributed by atoms with Crippen molar-refractivity contribution in [3.8, 4) is 5.75 Å². The van der Waals surface area contributed by atoms with Gasteiger partial charge >= 0.3 is 5.97 Å². The molecular formula is C15H17ClN2O3. The summed E-state index contributed by atoms with van der Waals surface area (Å²) >= 11 is 6.22. The Bertz CT molecular complexity index is 680. The van der Waals surface area contributed by atoms with Crippen molar-refractivity contribution < 1.29 is 14.6 Å². The fourth-order valence-electron chi connectivity index (χ4n) is 2.12. The number of benzene rings is 1. The van der Waals surface area contributed by atoms with Crippen molar-refractivity contribution in [2.75, 3.05) is 0 Å². The first-order valence-corrected chi connectivity index (χ1v) is 7.00. The van der Waals surface area contributed by atoms with Crippen LogP contribution in [0.15, 0.2) is 18.2 Å². The molecule has 0 unspecified atom stereocenters. The topological polar surface area (TPSA) is 64.4 Å². The highest BCUT2D eigenvalue weighted by Crippen LogP contribution is 2.23. The Hall–Kier alpha value is -2.01. The van der Waals surface area contributed by atoms with E-state index in [9.17, 15) is 4.79 Å². The van der Waals surface area contributed by atoms with Crippen molar-refractivity contribution in [2.24, 2.45) is 0 Å². The summed E-state index contributed by atoms with van der Waals surface area (Å²) in [5, 5.41) is 13.9. The Morgan fingerprint density at radius 3 is 2.71 bits per heavy atom. The molecule has 0 aliphatic heterocycles. The molecular weight excluding hydrogens is 292 g/mol. The lowest BCUT2D eigenvalue weighted by Crippen LogP contribution is -2.07. The molecule has 2 rings (SSSR count). The molecule has 0 atom stereocenters. The fraction of sp³-hybridized carbons (Fsp3) is 0.333. The second-order valence-electron chi connectivity index (χ2n) is 4.73. The number of aromatic nitrogens is 2. The van der Waals surface area contributed by atoms with Crippen LogP contribution >= 0.6 is 11.6 Å². The molecule has 0 bridgehead atoms. The molecule has 0 aliphatic rings. The number of carbonyl (C=O) groups is 1. The Morgan fingerprint density at radius 1 is 1.43 bits per heavy atom. The molecule has 1 N–H and O–H groups in total. The van der Waals surface area contributed by atoms with Gasteiger partial charge in [-0.2, -0.15) is 5.10 Å². The summed E-state index contributed by atoms with van der Waals surface area (Å²) in [6.07, 6.45) is 0. The van der Waals surface area contributed by atoms with Crippen LogP contribution in [-0.4, -0.2) is 20.9 Å². The summed E-state index contributed by atoms with van der Waals surface area (Å²) in [6.45, 7) is 6.58. The molecule has 0 saturated heterocycles. The van der Waals surface area contributed by atoms with Crippen molar-refractivity contribution in [1.82, 2.24) is 9.78 Å². The van der Waals surface area contributed by atoms with E-state index in [4.69, 9.17) is 21.4 Å². The van der Waals surface area contributed by atoms with Crippen LogP contribution in [0.2, 0.25) is 5.02 Å². The van der Waals surface area contributed by atoms with Gasteiger partial charge < -0.3 is 9.84 Å². The Labute approximate surface area is 128 Å². The summed E-state index contributed by atoms with van der Waals surface area (Å²) in [6, 6.07) is 4.89. The Morgan fingerprint density at radius 2 is 2.14 bits per heavy atom. The maximum absolute atomic E-state index is 11.0. The molecule has 0 radical (unpaired) electrons. The number of carboxylic acid groups (broad SMARTS) is 1. The molecule has 0 fully saturated rings. The lowest BCUT2D eigenvalue weighted by Gasteiger charge is -2.10. The van der Waals surface area contributed by atoms with E-state index in [0.29, 0.717) is 29.5 Å². The zero-order valence-corrected chi connectivity index (χ0v) is 12.9. The summed E-state index contributed by atoms with van der Waals surface area (Å²) in [5.41, 5.74) is 2.52. The van der Waals surface area contributed by atoms with E-state index in [1.54, 1.807) is 23.7 Å². The quantitative estimate of drug-likeness (QED) is 0.919. The Kier molecular flexibility index (Phi) is 4.53. The highest BCUT2D eigenvalue weighted by molar-refractivity contribution is 6.31. The molecule has 0 spiro atoms. The van der Waals surface area contributed by atoms with Gasteiger partial charge in [-0.3, -0.25) is 4.68 Å². The second-order valence-corrected chi connectivity index (χ2v) is 5.11. The Balaban J connectivity index is 2.17. The van der Waals surface area contributed by atoms with E-state index in [1.165, 1.54) is 6.07 Å². The van der Waals surface area contributed by atoms with Gasteiger partial charge in [0.1, 0.15) is 12.4 Å². The second kappa shape index (κ2) is 6.18. The number of aromatic carboxylic acids is 1. The standard InChI is InChI=1S/C15H17ClN2O3/c1-4-18-13(14(16)10(3)17-18)8-21-11-5-6-12(15(19)20)9(2)7-11/h5-7H,4,8H2,1-3H3,(H,19,20). The molecule has 0 amide bonds. The third-order valence-corrected chi connectivity index (χ3v) is 3.75. The predicted molar refractivity (Wildman–Crippen MR) is 80.1 cm³/mol. The van der Waals surface area contributed by atoms with Crippen LogP contribution in [0.1, 0.15) is 34.2 Å². The van der Waals surface area contributed by atoms with E-state index in [-0.39, 0.29) is 5.56 Å². The SMILES string of the molecule is CCn1nc(C)c(Cl)c1COc1ccc(C(=O)O)c(C)c1. The normalized spacial score (nSPS) is 10.7. The molecule has 6 heteroatoms. The minimum absolute atomic E-state index is 0.273. The van der Waals surface area contributed by atoms with Crippen LogP contribution in [0, 0.1) is 13.8 Å². The third kappa shape index (κ3) is 3.19. The zero-order valence-electron chi connectivity index (χ0n) is 12.2. The van der Waals surface area contributed by atoms with Gasteiger partial charge in [-0.25, -0.2) is 4.79 Å². The molecule has 0 aliphatic carbocycles. The van der Waals surface area contributed by atoms with Crippen molar-refractivity contribution in [2.45, 2.75) is 33.9 Å². The van der Waals surface area contributed by atoms with Crippen LogP contribution in [0.4, 0.5) is 0 Å². The van der Waals surface area contributed by atoms with Gasteiger partial charge in [0.05, 0.1) is 22.0 Å². The maximum Gasteiger partial charge on any atom is 0.335 e. The number of aryl methyl sites for hydroxylation is 3. The van der Waals surface area contributed by atoms with Gasteiger partial charge in [-0.15, -0.1) is 0 Å². The maximum atomic E-state index is 11.0. The zero-order chi connectivity index (χ0) is 15.6. The van der Waals surface area contributed by atoms with Crippen molar-refractivity contribution >= 4 is 17.6 Å². The number of halogens is 1. The first-order valence-electron chi connectivity index (χ1n) is 6.62. The summed E-state index contributed by atoms with van der Waals surface area (Å²) in [5.74, 6) is -0.336. The molecule has 1 heterocycles. The van der Waals surface area contributed by atoms with E-state index in [0.717, 1.165) is 11.4 Å². The highest BCUT2D eigenvalue weighted by atomic mass is 35.5. The molecule has 2 aromatic rings. The van der Waals surface area contributed by atoms with Gasteiger partial charge in [0.15, 0.2) is 0 Å². The van der Waals surface area contributed by atoms with E-state index < -0.39 is 5.97 Å². The largest absolute Gasteiger partial charge is 0.487 e. The first kappa shape index (κ1) is 15.4. The number of rotatable bonds is 5. The molecule has 1 aromatic carbocycles. The minimum atomic E-state index is -0.943. The van der Waals surface area contributed by atoms with Crippen LogP contribution in [0.25, 0.3) is 0 Å². The van der Waals surface area contributed by atoms with Gasteiger partial charge in [0.25, 0.3) is 0 Å². The van der Waals surface area contributed by atoms with Crippen LogP contribution in [-0.2, 0) is 13.2 Å². The number of hydrogen-bond acceptors (Lipinski definition) is 3. The number of carboxylic acids is 1. The average Bonchev–Trinajstić information content (AvgIpc) is 2.71. The third-order valence-electron chi connectivity index (χ3n) is 3.26. The van der Waals surface area contributed by atoms with Crippen molar-refractivity contribution in [3.05, 3.63) is 45.7 Å². The van der Waals surface area contributed by atoms with Gasteiger partial charge in [0, 0.05) is 6.54 Å². The number of ether oxygens (including phenoxy) is 1. The monoisotopic (exact) mass is 308 g/mol. The minimum Gasteiger partial charge on any atom is -0.487 e. The number of nitrogens with zero attached hydrogens (tertiary/aromatic N) is 2. The fourth-order valence-corrected chi connectivity index (χ4v) is 2.31. The lowest BCUT2D eigenvalue weighted by atomic mass is 10.1. The van der Waals surface area contributed by atoms with E-state index in [2.05, 4.69) is 5.10 Å². The highest BCUT2D eigenvalue weighted by Gasteiger charge is 2.13. The number of hydrogen-bond donors (Lipinski definition) is 1. The summed E-state index contributed by atoms with van der Waals surface area (Å²) < 4.78 is 7.51. The van der Waals surface area contributed by atoms with Crippen LogP contribution in [0.3, 0.4) is 0 Å². The average molecular weight is 309 g/mol. The summed E-state index contributed by atoms with van der Waals surface area (Å²) in [7, 11) is 0. The lowest BCUT2D eigenvalue weighted by molar-refractivity contribution is 0.0696. The van der Waals surface area contributed by atoms with Gasteiger partial charge in [-0.1, -0.05) is 11.6 Å². The van der Waals surface area contributed by atoms with E-state index >= 15 is 0 Å². The summed E-state index contributed by atoms with van der Waals surface area (Å²) in [4.78, 5) is 11.0. The van der Waals surface area contributed by atoms with Crippen molar-refractivity contribution in [1.29, 1.82) is 0 Å². The molecule has 21 heavy (non-hydrogen) atoms. The molecule has 112 valence electrons. The smallest absolute Gasteiger partial charge is 0.335 e. The predicted octanol–water partition coefficient (Wildman–Crippen LogP) is 3.45. The van der Waals surface area contributed by atoms with Gasteiger partial charge in [-0.05, 0) is 44.5 Å². The van der Waals surface area contributed by atoms with Crippen LogP contribution < -0.4 is 4.74 Å². The van der Waals surface area contributed by atoms with Crippen molar-refractivity contribution in [3.63, 3.8) is 0 Å². The van der Waals surface area contributed by atoms with Gasteiger partial charge in [0.2, 0.25) is 0 Å².